The maximum atomic E-state index is 10.4. The fourth-order valence-electron chi connectivity index (χ4n) is 0.583. The van der Waals surface area contributed by atoms with Gasteiger partial charge in [0.15, 0.2) is 0 Å². The normalized spacial score (nSPS) is 9.55. The Hall–Kier alpha value is -0.580. The number of hydrogen-bond donors (Lipinski definition) is 0. The molecule has 0 aliphatic heterocycles. The van der Waals surface area contributed by atoms with E-state index in [9.17, 15) is 4.79 Å². The average Bonchev–Trinajstić information content (AvgIpc) is 2.03. The molecule has 1 aromatic rings. The molecule has 0 aromatic heterocycles. The number of hydrogen-bond acceptors (Lipinski definition) is 2. The molecule has 0 saturated heterocycles. The molecule has 3 heteroatoms. The second-order valence-corrected chi connectivity index (χ2v) is 4.27. The summed E-state index contributed by atoms with van der Waals surface area (Å²) in [4.78, 5) is 10.4. The van der Waals surface area contributed by atoms with E-state index in [4.69, 9.17) is 3.07 Å². The Morgan fingerprint density at radius 3 is 2.55 bits per heavy atom. The molecular weight excluding hydrogens is 255 g/mol. The van der Waals surface area contributed by atoms with Crippen LogP contribution in [0, 0.1) is 3.57 Å². The number of halogens is 1. The second-order valence-electron chi connectivity index (χ2n) is 1.97. The van der Waals surface area contributed by atoms with E-state index in [1.165, 1.54) is 6.92 Å². The average molecular weight is 264 g/mol. The predicted octanol–water partition coefficient (Wildman–Crippen LogP) is 2.04. The fourth-order valence-corrected chi connectivity index (χ4v) is 1.96. The van der Waals surface area contributed by atoms with Crippen molar-refractivity contribution in [3.05, 3.63) is 33.9 Å². The molecule has 1 aromatic carbocycles. The van der Waals surface area contributed by atoms with Crippen LogP contribution in [0.3, 0.4) is 0 Å². The van der Waals surface area contributed by atoms with Crippen molar-refractivity contribution in [2.24, 2.45) is 0 Å². The van der Waals surface area contributed by atoms with E-state index >= 15 is 0 Å². The fraction of sp³-hybridized carbons (Fsp3) is 0.125. The van der Waals surface area contributed by atoms with E-state index in [0.29, 0.717) is 0 Å². The van der Waals surface area contributed by atoms with Crippen molar-refractivity contribution in [1.82, 2.24) is 0 Å². The molecule has 11 heavy (non-hydrogen) atoms. The van der Waals surface area contributed by atoms with Crippen molar-refractivity contribution in [2.75, 3.05) is 0 Å². The summed E-state index contributed by atoms with van der Waals surface area (Å²) in [6.45, 7) is 1.44. The van der Waals surface area contributed by atoms with Gasteiger partial charge < -0.3 is 0 Å². The Morgan fingerprint density at radius 1 is 1.36 bits per heavy atom. The molecule has 60 valence electrons. The van der Waals surface area contributed by atoms with Gasteiger partial charge in [0.2, 0.25) is 0 Å². The monoisotopic (exact) mass is 264 g/mol. The molecule has 0 atom stereocenters. The molecule has 0 fully saturated rings. The van der Waals surface area contributed by atoms with Crippen LogP contribution >= 0.6 is 21.6 Å². The van der Waals surface area contributed by atoms with E-state index in [1.54, 1.807) is 0 Å². The first-order chi connectivity index (χ1) is 5.29. The van der Waals surface area contributed by atoms with E-state index in [0.717, 1.165) is 3.57 Å². The molecule has 0 aliphatic carbocycles. The quantitative estimate of drug-likeness (QED) is 0.764. The second kappa shape index (κ2) is 4.33. The van der Waals surface area contributed by atoms with Crippen LogP contribution in [-0.4, -0.2) is 5.97 Å². The first kappa shape index (κ1) is 8.52. The zero-order chi connectivity index (χ0) is 8.10. The van der Waals surface area contributed by atoms with Crippen LogP contribution < -0.4 is 0 Å². The Balaban J connectivity index is 2.45. The molecule has 0 aliphatic rings. The summed E-state index contributed by atoms with van der Waals surface area (Å²) in [5, 5.41) is 0. The van der Waals surface area contributed by atoms with Crippen LogP contribution in [0.4, 0.5) is 0 Å². The van der Waals surface area contributed by atoms with Gasteiger partial charge in [-0.15, -0.1) is 0 Å². The van der Waals surface area contributed by atoms with Gasteiger partial charge in [-0.3, -0.25) is 0 Å². The third-order valence-electron chi connectivity index (χ3n) is 0.998. The predicted molar refractivity (Wildman–Crippen MR) is 52.3 cm³/mol. The number of carbonyl (C=O) groups excluding carboxylic acids is 1. The molecule has 0 N–H and O–H groups in total. The van der Waals surface area contributed by atoms with Gasteiger partial charge in [-0.1, -0.05) is 0 Å². The van der Waals surface area contributed by atoms with Gasteiger partial charge >= 0.3 is 76.3 Å². The van der Waals surface area contributed by atoms with E-state index < -0.39 is 21.6 Å². The van der Waals surface area contributed by atoms with Crippen LogP contribution in [0.25, 0.3) is 0 Å². The molecular formula is C8H9IO2. The van der Waals surface area contributed by atoms with Crippen LogP contribution in [0.15, 0.2) is 30.3 Å². The molecule has 0 bridgehead atoms. The van der Waals surface area contributed by atoms with Gasteiger partial charge in [0.1, 0.15) is 0 Å². The summed E-state index contributed by atoms with van der Waals surface area (Å²) < 4.78 is 6.07. The molecule has 0 radical (unpaired) electrons. The van der Waals surface area contributed by atoms with Crippen molar-refractivity contribution < 1.29 is 7.86 Å². The van der Waals surface area contributed by atoms with Gasteiger partial charge in [-0.25, -0.2) is 0 Å². The van der Waals surface area contributed by atoms with Crippen LogP contribution in [0.2, 0.25) is 0 Å². The standard InChI is InChI=1S/C8H9IO2/c1-7(10)11-9-8-5-3-2-4-6-8/h2-6,9H,1H3. The summed E-state index contributed by atoms with van der Waals surface area (Å²) in [7, 11) is 0. The number of carbonyl (C=O) groups is 1. The van der Waals surface area contributed by atoms with Gasteiger partial charge in [-0.05, 0) is 0 Å². The molecule has 0 unspecified atom stereocenters. The van der Waals surface area contributed by atoms with Gasteiger partial charge in [0.05, 0.1) is 0 Å². The summed E-state index contributed by atoms with van der Waals surface area (Å²) in [6.07, 6.45) is 0. The summed E-state index contributed by atoms with van der Waals surface area (Å²) >= 11 is -0.733. The first-order valence-corrected chi connectivity index (χ1v) is 5.31. The number of benzene rings is 1. The van der Waals surface area contributed by atoms with Gasteiger partial charge in [0, 0.05) is 0 Å². The zero-order valence-corrected chi connectivity index (χ0v) is 8.44. The van der Waals surface area contributed by atoms with Crippen molar-refractivity contribution in [2.45, 2.75) is 6.92 Å². The van der Waals surface area contributed by atoms with E-state index in [1.807, 2.05) is 30.3 Å². The SMILES string of the molecule is CC(=O)O[IH]c1ccccc1. The Morgan fingerprint density at radius 2 is 2.00 bits per heavy atom. The van der Waals surface area contributed by atoms with Crippen LogP contribution in [0.5, 0.6) is 0 Å². The molecule has 2 nitrogen and oxygen atoms in total. The van der Waals surface area contributed by atoms with Crippen LogP contribution in [-0.2, 0) is 7.86 Å². The van der Waals surface area contributed by atoms with Crippen molar-refractivity contribution >= 4 is 27.6 Å². The molecule has 1 rings (SSSR count). The third kappa shape index (κ3) is 3.36. The summed E-state index contributed by atoms with van der Waals surface area (Å²) in [5.41, 5.74) is 0. The van der Waals surface area contributed by atoms with E-state index in [-0.39, 0.29) is 5.97 Å². The Bertz CT molecular complexity index is 233. The molecule has 0 saturated carbocycles. The Kier molecular flexibility index (Phi) is 3.35. The topological polar surface area (TPSA) is 26.3 Å². The van der Waals surface area contributed by atoms with Crippen molar-refractivity contribution in [3.8, 4) is 0 Å². The number of rotatable bonds is 2. The Labute approximate surface area is 76.4 Å². The summed E-state index contributed by atoms with van der Waals surface area (Å²) in [6, 6.07) is 9.80. The van der Waals surface area contributed by atoms with Crippen molar-refractivity contribution in [3.63, 3.8) is 0 Å². The van der Waals surface area contributed by atoms with Crippen LogP contribution in [0.1, 0.15) is 6.92 Å². The molecule has 0 spiro atoms. The zero-order valence-electron chi connectivity index (χ0n) is 6.11. The van der Waals surface area contributed by atoms with Gasteiger partial charge in [0.25, 0.3) is 0 Å². The minimum absolute atomic E-state index is 0.184. The van der Waals surface area contributed by atoms with E-state index in [2.05, 4.69) is 0 Å². The minimum atomic E-state index is -0.733. The van der Waals surface area contributed by atoms with Gasteiger partial charge in [-0.2, -0.15) is 0 Å². The third-order valence-corrected chi connectivity index (χ3v) is 3.23. The molecule has 0 amide bonds. The first-order valence-electron chi connectivity index (χ1n) is 3.19. The maximum absolute atomic E-state index is 10.4. The van der Waals surface area contributed by atoms with Crippen molar-refractivity contribution in [1.29, 1.82) is 0 Å². The molecule has 0 heterocycles. The summed E-state index contributed by atoms with van der Waals surface area (Å²) in [5.74, 6) is -0.184.